The van der Waals surface area contributed by atoms with Gasteiger partial charge in [0.2, 0.25) is 11.8 Å². The second-order valence-corrected chi connectivity index (χ2v) is 5.13. The molecule has 0 radical (unpaired) electrons. The van der Waals surface area contributed by atoms with Crippen LogP contribution in [-0.4, -0.2) is 85.0 Å². The van der Waals surface area contributed by atoms with Crippen molar-refractivity contribution in [3.05, 3.63) is 0 Å². The number of carbonyl (C=O) groups excluding carboxylic acids is 2. The summed E-state index contributed by atoms with van der Waals surface area (Å²) in [4.78, 5) is 29.0. The highest BCUT2D eigenvalue weighted by molar-refractivity contribution is 5.78. The number of hydrogen-bond donors (Lipinski definition) is 1. The van der Waals surface area contributed by atoms with Crippen molar-refractivity contribution >= 4 is 11.8 Å². The molecule has 19 heavy (non-hydrogen) atoms. The standard InChI is InChI=1S/C13H25N3O3/c1-14(2)13(19)11-15-6-8-16(9-7-15)12(18)5-3-4-10-17/h17H,3-11H2,1-2H3. The first kappa shape index (κ1) is 15.9. The molecule has 1 aliphatic heterocycles. The Morgan fingerprint density at radius 1 is 1.11 bits per heavy atom. The second-order valence-electron chi connectivity index (χ2n) is 5.13. The molecule has 0 aliphatic carbocycles. The number of amides is 2. The van der Waals surface area contributed by atoms with Crippen molar-refractivity contribution in [2.24, 2.45) is 0 Å². The van der Waals surface area contributed by atoms with Gasteiger partial charge in [0.15, 0.2) is 0 Å². The molecule has 6 nitrogen and oxygen atoms in total. The van der Waals surface area contributed by atoms with Crippen molar-refractivity contribution in [2.75, 3.05) is 53.4 Å². The predicted molar refractivity (Wildman–Crippen MR) is 72.7 cm³/mol. The molecule has 1 N–H and O–H groups in total. The quantitative estimate of drug-likeness (QED) is 0.654. The summed E-state index contributed by atoms with van der Waals surface area (Å²) < 4.78 is 0. The van der Waals surface area contributed by atoms with Crippen molar-refractivity contribution in [3.63, 3.8) is 0 Å². The molecule has 1 fully saturated rings. The molecule has 2 amide bonds. The van der Waals surface area contributed by atoms with Gasteiger partial charge in [0.05, 0.1) is 6.54 Å². The normalized spacial score (nSPS) is 16.5. The van der Waals surface area contributed by atoms with Gasteiger partial charge in [0.1, 0.15) is 0 Å². The number of likely N-dealkylation sites (N-methyl/N-ethyl adjacent to an activating group) is 1. The zero-order valence-electron chi connectivity index (χ0n) is 12.0. The molecule has 0 bridgehead atoms. The molecule has 1 heterocycles. The van der Waals surface area contributed by atoms with Gasteiger partial charge in [-0.2, -0.15) is 0 Å². The summed E-state index contributed by atoms with van der Waals surface area (Å²) >= 11 is 0. The van der Waals surface area contributed by atoms with Crippen molar-refractivity contribution in [1.29, 1.82) is 0 Å². The van der Waals surface area contributed by atoms with E-state index in [-0.39, 0.29) is 18.4 Å². The minimum Gasteiger partial charge on any atom is -0.396 e. The Kier molecular flexibility index (Phi) is 6.80. The molecular formula is C13H25N3O3. The average molecular weight is 271 g/mol. The van der Waals surface area contributed by atoms with E-state index in [1.165, 1.54) is 0 Å². The smallest absolute Gasteiger partial charge is 0.236 e. The van der Waals surface area contributed by atoms with Crippen LogP contribution in [0.25, 0.3) is 0 Å². The lowest BCUT2D eigenvalue weighted by Crippen LogP contribution is -2.51. The Balaban J connectivity index is 2.24. The number of aliphatic hydroxyl groups excluding tert-OH is 1. The van der Waals surface area contributed by atoms with E-state index in [4.69, 9.17) is 5.11 Å². The van der Waals surface area contributed by atoms with Crippen LogP contribution in [0.3, 0.4) is 0 Å². The number of aliphatic hydroxyl groups is 1. The molecule has 0 aromatic heterocycles. The van der Waals surface area contributed by atoms with Crippen LogP contribution >= 0.6 is 0 Å². The van der Waals surface area contributed by atoms with Crippen LogP contribution < -0.4 is 0 Å². The summed E-state index contributed by atoms with van der Waals surface area (Å²) in [5.41, 5.74) is 0. The second kappa shape index (κ2) is 8.12. The van der Waals surface area contributed by atoms with E-state index in [0.29, 0.717) is 32.5 Å². The van der Waals surface area contributed by atoms with E-state index in [9.17, 15) is 9.59 Å². The van der Waals surface area contributed by atoms with E-state index in [0.717, 1.165) is 19.5 Å². The van der Waals surface area contributed by atoms with Crippen LogP contribution in [-0.2, 0) is 9.59 Å². The molecule has 1 aliphatic rings. The number of piperazine rings is 1. The van der Waals surface area contributed by atoms with Crippen molar-refractivity contribution < 1.29 is 14.7 Å². The summed E-state index contributed by atoms with van der Waals surface area (Å²) in [6.45, 7) is 3.47. The molecule has 110 valence electrons. The summed E-state index contributed by atoms with van der Waals surface area (Å²) in [6, 6.07) is 0. The first-order valence-corrected chi connectivity index (χ1v) is 6.85. The monoisotopic (exact) mass is 271 g/mol. The van der Waals surface area contributed by atoms with Gasteiger partial charge in [-0.25, -0.2) is 0 Å². The molecule has 1 saturated heterocycles. The number of hydrogen-bond acceptors (Lipinski definition) is 4. The fourth-order valence-corrected chi connectivity index (χ4v) is 2.03. The molecule has 0 unspecified atom stereocenters. The molecule has 6 heteroatoms. The summed E-state index contributed by atoms with van der Waals surface area (Å²) in [5.74, 6) is 0.259. The van der Waals surface area contributed by atoms with Crippen LogP contribution in [0.5, 0.6) is 0 Å². The van der Waals surface area contributed by atoms with Crippen molar-refractivity contribution in [2.45, 2.75) is 19.3 Å². The highest BCUT2D eigenvalue weighted by Crippen LogP contribution is 2.06. The predicted octanol–water partition coefficient (Wildman–Crippen LogP) is -0.619. The number of unbranched alkanes of at least 4 members (excludes halogenated alkanes) is 1. The summed E-state index contributed by atoms with van der Waals surface area (Å²) in [5, 5.41) is 8.69. The third-order valence-electron chi connectivity index (χ3n) is 3.38. The minimum atomic E-state index is 0.0997. The topological polar surface area (TPSA) is 64.1 Å². The van der Waals surface area contributed by atoms with Crippen LogP contribution in [0.4, 0.5) is 0 Å². The van der Waals surface area contributed by atoms with Crippen LogP contribution in [0.1, 0.15) is 19.3 Å². The van der Waals surface area contributed by atoms with Gasteiger partial charge in [-0.3, -0.25) is 14.5 Å². The van der Waals surface area contributed by atoms with Gasteiger partial charge in [0, 0.05) is 53.3 Å². The van der Waals surface area contributed by atoms with Gasteiger partial charge in [-0.15, -0.1) is 0 Å². The number of rotatable bonds is 6. The lowest BCUT2D eigenvalue weighted by atomic mass is 10.2. The first-order chi connectivity index (χ1) is 9.04. The third-order valence-corrected chi connectivity index (χ3v) is 3.38. The lowest BCUT2D eigenvalue weighted by Gasteiger charge is -2.34. The molecule has 0 aromatic rings. The van der Waals surface area contributed by atoms with Gasteiger partial charge in [0.25, 0.3) is 0 Å². The van der Waals surface area contributed by atoms with Crippen LogP contribution in [0, 0.1) is 0 Å². The van der Waals surface area contributed by atoms with Gasteiger partial charge in [-0.1, -0.05) is 0 Å². The molecule has 0 aromatic carbocycles. The molecular weight excluding hydrogens is 246 g/mol. The van der Waals surface area contributed by atoms with Crippen LogP contribution in [0.2, 0.25) is 0 Å². The number of carbonyl (C=O) groups is 2. The van der Waals surface area contributed by atoms with Gasteiger partial charge >= 0.3 is 0 Å². The molecule has 0 atom stereocenters. The Hall–Kier alpha value is -1.14. The fraction of sp³-hybridized carbons (Fsp3) is 0.846. The minimum absolute atomic E-state index is 0.0997. The maximum Gasteiger partial charge on any atom is 0.236 e. The summed E-state index contributed by atoms with van der Waals surface area (Å²) in [6.07, 6.45) is 1.94. The Bertz CT molecular complexity index is 300. The highest BCUT2D eigenvalue weighted by atomic mass is 16.3. The summed E-state index contributed by atoms with van der Waals surface area (Å²) in [7, 11) is 3.51. The molecule has 0 spiro atoms. The van der Waals surface area contributed by atoms with E-state index in [1.807, 2.05) is 4.90 Å². The Labute approximate surface area is 115 Å². The zero-order valence-corrected chi connectivity index (χ0v) is 12.0. The van der Waals surface area contributed by atoms with Gasteiger partial charge < -0.3 is 14.9 Å². The Morgan fingerprint density at radius 2 is 1.74 bits per heavy atom. The van der Waals surface area contributed by atoms with Crippen molar-refractivity contribution in [3.8, 4) is 0 Å². The zero-order chi connectivity index (χ0) is 14.3. The third kappa shape index (κ3) is 5.57. The van der Waals surface area contributed by atoms with E-state index in [1.54, 1.807) is 19.0 Å². The van der Waals surface area contributed by atoms with Crippen molar-refractivity contribution in [1.82, 2.24) is 14.7 Å². The maximum atomic E-state index is 11.9. The first-order valence-electron chi connectivity index (χ1n) is 6.85. The highest BCUT2D eigenvalue weighted by Gasteiger charge is 2.22. The van der Waals surface area contributed by atoms with E-state index < -0.39 is 0 Å². The molecule has 0 saturated carbocycles. The largest absolute Gasteiger partial charge is 0.396 e. The molecule has 1 rings (SSSR count). The van der Waals surface area contributed by atoms with E-state index >= 15 is 0 Å². The number of nitrogens with zero attached hydrogens (tertiary/aromatic N) is 3. The Morgan fingerprint density at radius 3 is 2.26 bits per heavy atom. The SMILES string of the molecule is CN(C)C(=O)CN1CCN(C(=O)CCCCO)CC1. The fourth-order valence-electron chi connectivity index (χ4n) is 2.03. The average Bonchev–Trinajstić information content (AvgIpc) is 2.39. The van der Waals surface area contributed by atoms with Gasteiger partial charge in [-0.05, 0) is 12.8 Å². The maximum absolute atomic E-state index is 11.9. The lowest BCUT2D eigenvalue weighted by molar-refractivity contribution is -0.134. The van der Waals surface area contributed by atoms with Crippen LogP contribution in [0.15, 0.2) is 0 Å². The van der Waals surface area contributed by atoms with E-state index in [2.05, 4.69) is 4.90 Å².